The largest absolute Gasteiger partial charge is 0.322 e. The van der Waals surface area contributed by atoms with Gasteiger partial charge >= 0.3 is 0 Å². The van der Waals surface area contributed by atoms with Crippen molar-refractivity contribution < 1.29 is 22.8 Å². The van der Waals surface area contributed by atoms with E-state index in [1.54, 1.807) is 32.9 Å². The number of hydrogen-bond acceptors (Lipinski definition) is 5. The first-order valence-corrected chi connectivity index (χ1v) is 10.9. The predicted molar refractivity (Wildman–Crippen MR) is 112 cm³/mol. The molecule has 0 aromatic heterocycles. The lowest BCUT2D eigenvalue weighted by Crippen LogP contribution is -2.31. The third-order valence-electron chi connectivity index (χ3n) is 5.12. The maximum atomic E-state index is 12.9. The van der Waals surface area contributed by atoms with Crippen LogP contribution in [0.1, 0.15) is 50.5 Å². The number of fused-ring (bicyclic) bond motifs is 1. The van der Waals surface area contributed by atoms with Crippen LogP contribution in [0, 0.1) is 6.92 Å². The van der Waals surface area contributed by atoms with E-state index in [0.717, 1.165) is 4.90 Å². The summed E-state index contributed by atoms with van der Waals surface area (Å²) < 4.78 is 27.1. The zero-order valence-electron chi connectivity index (χ0n) is 17.2. The van der Waals surface area contributed by atoms with Crippen LogP contribution < -0.4 is 5.32 Å². The molecule has 158 valence electrons. The van der Waals surface area contributed by atoms with Gasteiger partial charge in [0.05, 0.1) is 16.0 Å². The van der Waals surface area contributed by atoms with Crippen molar-refractivity contribution in [1.82, 2.24) is 9.21 Å². The Kier molecular flexibility index (Phi) is 5.78. The first kappa shape index (κ1) is 21.7. The lowest BCUT2D eigenvalue weighted by Gasteiger charge is -2.20. The van der Waals surface area contributed by atoms with Gasteiger partial charge in [0.15, 0.2) is 0 Å². The van der Waals surface area contributed by atoms with Crippen LogP contribution in [0.3, 0.4) is 0 Å². The van der Waals surface area contributed by atoms with E-state index in [-0.39, 0.29) is 21.6 Å². The number of hydrogen-bond donors (Lipinski definition) is 1. The van der Waals surface area contributed by atoms with Gasteiger partial charge in [-0.2, -0.15) is 4.31 Å². The number of benzene rings is 2. The van der Waals surface area contributed by atoms with Gasteiger partial charge in [-0.1, -0.05) is 19.9 Å². The summed E-state index contributed by atoms with van der Waals surface area (Å²) in [5.41, 5.74) is 1.55. The van der Waals surface area contributed by atoms with Crippen molar-refractivity contribution >= 4 is 33.4 Å². The molecule has 30 heavy (non-hydrogen) atoms. The van der Waals surface area contributed by atoms with Crippen LogP contribution >= 0.6 is 0 Å². The molecule has 1 N–H and O–H groups in total. The summed E-state index contributed by atoms with van der Waals surface area (Å²) in [5.74, 6) is -1.34. The molecular formula is C21H23N3O5S. The number of nitrogens with zero attached hydrogens (tertiary/aromatic N) is 2. The number of carbonyl (C=O) groups excluding carboxylic acids is 3. The molecule has 1 heterocycles. The SMILES string of the molecule is CCN(CC)S(=O)(=O)c1cc(C(=O)Nc2ccc3c(c2)C(=O)N(C)C3=O)ccc1C. The number of carbonyl (C=O) groups is 3. The summed E-state index contributed by atoms with van der Waals surface area (Å²) in [7, 11) is -2.33. The van der Waals surface area contributed by atoms with Gasteiger partial charge in [-0.25, -0.2) is 8.42 Å². The van der Waals surface area contributed by atoms with E-state index in [1.165, 1.54) is 35.6 Å². The van der Waals surface area contributed by atoms with Gasteiger partial charge in [0, 0.05) is 31.4 Å². The minimum Gasteiger partial charge on any atom is -0.322 e. The summed E-state index contributed by atoms with van der Waals surface area (Å²) >= 11 is 0. The molecule has 3 amide bonds. The molecule has 0 radical (unpaired) electrons. The number of sulfonamides is 1. The second kappa shape index (κ2) is 8.00. The zero-order valence-corrected chi connectivity index (χ0v) is 18.0. The molecule has 0 bridgehead atoms. The van der Waals surface area contributed by atoms with Crippen LogP contribution in [0.2, 0.25) is 0 Å². The van der Waals surface area contributed by atoms with E-state index in [4.69, 9.17) is 0 Å². The summed E-state index contributed by atoms with van der Waals surface area (Å²) in [5, 5.41) is 2.66. The van der Waals surface area contributed by atoms with Gasteiger partial charge in [0.25, 0.3) is 17.7 Å². The summed E-state index contributed by atoms with van der Waals surface area (Å²) in [6.45, 7) is 5.84. The molecular weight excluding hydrogens is 406 g/mol. The molecule has 3 rings (SSSR count). The third-order valence-corrected chi connectivity index (χ3v) is 7.31. The van der Waals surface area contributed by atoms with Crippen molar-refractivity contribution in [3.05, 3.63) is 58.7 Å². The van der Waals surface area contributed by atoms with Gasteiger partial charge in [-0.3, -0.25) is 19.3 Å². The van der Waals surface area contributed by atoms with Crippen molar-refractivity contribution in [2.75, 3.05) is 25.5 Å². The molecule has 0 atom stereocenters. The molecule has 1 aliphatic rings. The highest BCUT2D eigenvalue weighted by molar-refractivity contribution is 7.89. The topological polar surface area (TPSA) is 104 Å². The van der Waals surface area contributed by atoms with Gasteiger partial charge in [0.2, 0.25) is 10.0 Å². The van der Waals surface area contributed by atoms with Crippen LogP contribution in [0.4, 0.5) is 5.69 Å². The lowest BCUT2D eigenvalue weighted by atomic mass is 10.1. The molecule has 0 unspecified atom stereocenters. The maximum absolute atomic E-state index is 12.9. The highest BCUT2D eigenvalue weighted by Crippen LogP contribution is 2.26. The number of aryl methyl sites for hydroxylation is 1. The minimum atomic E-state index is -3.72. The normalized spacial score (nSPS) is 13.7. The van der Waals surface area contributed by atoms with E-state index in [9.17, 15) is 22.8 Å². The molecule has 9 heteroatoms. The monoisotopic (exact) mass is 429 g/mol. The zero-order chi connectivity index (χ0) is 22.2. The van der Waals surface area contributed by atoms with Crippen molar-refractivity contribution in [3.8, 4) is 0 Å². The first-order valence-electron chi connectivity index (χ1n) is 9.50. The molecule has 0 spiro atoms. The molecule has 0 fully saturated rings. The summed E-state index contributed by atoms with van der Waals surface area (Å²) in [6.07, 6.45) is 0. The molecule has 2 aromatic carbocycles. The van der Waals surface area contributed by atoms with Crippen LogP contribution in [-0.4, -0.2) is 55.5 Å². The lowest BCUT2D eigenvalue weighted by molar-refractivity contribution is 0.0692. The smallest absolute Gasteiger partial charge is 0.261 e. The van der Waals surface area contributed by atoms with Crippen LogP contribution in [0.5, 0.6) is 0 Å². The van der Waals surface area contributed by atoms with E-state index in [1.807, 2.05) is 0 Å². The van der Waals surface area contributed by atoms with Crippen LogP contribution in [-0.2, 0) is 10.0 Å². The van der Waals surface area contributed by atoms with E-state index in [0.29, 0.717) is 24.3 Å². The number of anilines is 1. The van der Waals surface area contributed by atoms with Gasteiger partial charge < -0.3 is 5.32 Å². The molecule has 8 nitrogen and oxygen atoms in total. The Morgan fingerprint density at radius 3 is 2.27 bits per heavy atom. The number of rotatable bonds is 6. The number of imide groups is 1. The van der Waals surface area contributed by atoms with Gasteiger partial charge in [-0.15, -0.1) is 0 Å². The van der Waals surface area contributed by atoms with Gasteiger partial charge in [0.1, 0.15) is 0 Å². The second-order valence-corrected chi connectivity index (χ2v) is 8.86. The maximum Gasteiger partial charge on any atom is 0.261 e. The Balaban J connectivity index is 1.91. The fourth-order valence-electron chi connectivity index (χ4n) is 3.36. The molecule has 1 aliphatic heterocycles. The Labute approximate surface area is 175 Å². The molecule has 0 saturated carbocycles. The molecule has 0 aliphatic carbocycles. The summed E-state index contributed by atoms with van der Waals surface area (Å²) in [6, 6.07) is 8.95. The second-order valence-electron chi connectivity index (χ2n) is 6.95. The van der Waals surface area contributed by atoms with E-state index < -0.39 is 27.7 Å². The predicted octanol–water partition coefficient (Wildman–Crippen LogP) is 2.50. The molecule has 0 saturated heterocycles. The van der Waals surface area contributed by atoms with Crippen LogP contribution in [0.25, 0.3) is 0 Å². The number of nitrogens with one attached hydrogen (secondary N) is 1. The number of amides is 3. The third kappa shape index (κ3) is 3.61. The van der Waals surface area contributed by atoms with Crippen molar-refractivity contribution in [1.29, 1.82) is 0 Å². The van der Waals surface area contributed by atoms with Crippen molar-refractivity contribution in [2.24, 2.45) is 0 Å². The van der Waals surface area contributed by atoms with Gasteiger partial charge in [-0.05, 0) is 42.8 Å². The van der Waals surface area contributed by atoms with E-state index >= 15 is 0 Å². The highest BCUT2D eigenvalue weighted by atomic mass is 32.2. The quantitative estimate of drug-likeness (QED) is 0.711. The van der Waals surface area contributed by atoms with E-state index in [2.05, 4.69) is 5.32 Å². The highest BCUT2D eigenvalue weighted by Gasteiger charge is 2.33. The minimum absolute atomic E-state index is 0.0789. The Morgan fingerprint density at radius 1 is 1.00 bits per heavy atom. The standard InChI is InChI=1S/C21H23N3O5S/c1-5-24(6-2)30(28,29)18-11-14(8-7-13(18)3)19(25)22-15-9-10-16-17(12-15)21(27)23(4)20(16)26/h7-12H,5-6H2,1-4H3,(H,22,25). The average molecular weight is 429 g/mol. The van der Waals surface area contributed by atoms with Crippen molar-refractivity contribution in [3.63, 3.8) is 0 Å². The van der Waals surface area contributed by atoms with Crippen molar-refractivity contribution in [2.45, 2.75) is 25.7 Å². The first-order chi connectivity index (χ1) is 14.1. The summed E-state index contributed by atoms with van der Waals surface area (Å²) in [4.78, 5) is 38.0. The Morgan fingerprint density at radius 2 is 1.63 bits per heavy atom. The average Bonchev–Trinajstić information content (AvgIpc) is 2.92. The molecule has 2 aromatic rings. The Bertz CT molecular complexity index is 1150. The Hall–Kier alpha value is -3.04. The van der Waals surface area contributed by atoms with Crippen LogP contribution in [0.15, 0.2) is 41.3 Å². The fraction of sp³-hybridized carbons (Fsp3) is 0.286. The fourth-order valence-corrected chi connectivity index (χ4v) is 5.07.